The van der Waals surface area contributed by atoms with Gasteiger partial charge in [-0.1, -0.05) is 37.0 Å². The van der Waals surface area contributed by atoms with E-state index in [1.807, 2.05) is 0 Å². The van der Waals surface area contributed by atoms with Crippen molar-refractivity contribution in [3.8, 4) is 17.6 Å². The van der Waals surface area contributed by atoms with Crippen molar-refractivity contribution in [1.29, 1.82) is 0 Å². The number of esters is 1. The first kappa shape index (κ1) is 28.5. The van der Waals surface area contributed by atoms with Gasteiger partial charge in [-0.05, 0) is 42.3 Å². The molecule has 0 spiro atoms. The molecule has 0 fully saturated rings. The number of fused-ring (bicyclic) bond motifs is 1. The van der Waals surface area contributed by atoms with Crippen LogP contribution in [0, 0.1) is 11.8 Å². The molecule has 12 heteroatoms. The maximum absolute atomic E-state index is 13.8. The van der Waals surface area contributed by atoms with E-state index < -0.39 is 38.6 Å². The molecule has 0 radical (unpaired) electrons. The molecule has 0 aliphatic carbocycles. The topological polar surface area (TPSA) is 120 Å². The van der Waals surface area contributed by atoms with Crippen molar-refractivity contribution in [3.63, 3.8) is 0 Å². The minimum atomic E-state index is -4.25. The first-order valence-corrected chi connectivity index (χ1v) is 14.6. The molecule has 0 amide bonds. The van der Waals surface area contributed by atoms with E-state index in [4.69, 9.17) is 14.2 Å². The molecule has 1 aliphatic heterocycles. The van der Waals surface area contributed by atoms with Crippen molar-refractivity contribution in [2.24, 2.45) is 0 Å². The number of ether oxygens (including phenoxy) is 3. The van der Waals surface area contributed by atoms with Crippen LogP contribution in [0.5, 0.6) is 5.75 Å². The largest absolute Gasteiger partial charge is 0.481 e. The minimum Gasteiger partial charge on any atom is -0.481 e. The molecule has 0 saturated heterocycles. The van der Waals surface area contributed by atoms with E-state index >= 15 is 0 Å². The van der Waals surface area contributed by atoms with Crippen LogP contribution in [0.15, 0.2) is 53.4 Å². The van der Waals surface area contributed by atoms with Gasteiger partial charge in [-0.15, -0.1) is 0 Å². The predicted octanol–water partition coefficient (Wildman–Crippen LogP) is 2.01. The molecule has 0 saturated carbocycles. The smallest absolute Gasteiger partial charge is 0.326 e. The molecule has 2 aromatic rings. The second-order valence-corrected chi connectivity index (χ2v) is 12.0. The predicted molar refractivity (Wildman–Crippen MR) is 138 cm³/mol. The van der Waals surface area contributed by atoms with Crippen molar-refractivity contribution in [1.82, 2.24) is 4.31 Å². The van der Waals surface area contributed by atoms with Crippen LogP contribution in [-0.4, -0.2) is 72.9 Å². The Hall–Kier alpha value is -3.11. The van der Waals surface area contributed by atoms with E-state index in [2.05, 4.69) is 11.8 Å². The second-order valence-electron chi connectivity index (χ2n) is 8.11. The van der Waals surface area contributed by atoms with Gasteiger partial charge in [-0.25, -0.2) is 16.8 Å². The average Bonchev–Trinajstić information content (AvgIpc) is 3.07. The van der Waals surface area contributed by atoms with Gasteiger partial charge >= 0.3 is 5.97 Å². The van der Waals surface area contributed by atoms with Gasteiger partial charge in [0.25, 0.3) is 0 Å². The molecule has 0 N–H and O–H groups in total. The van der Waals surface area contributed by atoms with E-state index in [9.17, 15) is 21.6 Å². The molecule has 0 aromatic heterocycles. The number of hydrogen-bond acceptors (Lipinski definition) is 8. The number of sulfonamides is 2. The third kappa shape index (κ3) is 6.61. The molecular weight excluding hydrogens is 520 g/mol. The molecule has 2 aromatic carbocycles. The summed E-state index contributed by atoms with van der Waals surface area (Å²) < 4.78 is 71.2. The summed E-state index contributed by atoms with van der Waals surface area (Å²) in [5.41, 5.74) is 0.785. The number of methoxy groups -OCH3 is 2. The summed E-state index contributed by atoms with van der Waals surface area (Å²) >= 11 is 0. The SMILES string of the molecule is CCCS(=O)(=O)N1CC(C(=O)OC)N(S(=O)(=O)c2ccc(OCC#CCOC)cc2)Cc2ccccc21. The number of anilines is 1. The monoisotopic (exact) mass is 550 g/mol. The Balaban J connectivity index is 1.99. The molecule has 10 nitrogen and oxygen atoms in total. The highest BCUT2D eigenvalue weighted by Gasteiger charge is 2.43. The second kappa shape index (κ2) is 12.4. The summed E-state index contributed by atoms with van der Waals surface area (Å²) in [5.74, 6) is 4.92. The molecular formula is C25H30N2O8S2. The normalized spacial score (nSPS) is 16.2. The fourth-order valence-electron chi connectivity index (χ4n) is 3.86. The zero-order chi connectivity index (χ0) is 27.1. The van der Waals surface area contributed by atoms with Gasteiger partial charge in [0.15, 0.2) is 0 Å². The van der Waals surface area contributed by atoms with Crippen LogP contribution in [0.2, 0.25) is 0 Å². The Morgan fingerprint density at radius 1 is 1.00 bits per heavy atom. The highest BCUT2D eigenvalue weighted by Crippen LogP contribution is 2.33. The van der Waals surface area contributed by atoms with Crippen LogP contribution in [0.3, 0.4) is 0 Å². The summed E-state index contributed by atoms with van der Waals surface area (Å²) in [7, 11) is -5.41. The van der Waals surface area contributed by atoms with Gasteiger partial charge in [0.2, 0.25) is 20.0 Å². The number of carbonyl (C=O) groups excluding carboxylic acids is 1. The Bertz CT molecular complexity index is 1360. The highest BCUT2D eigenvalue weighted by atomic mass is 32.2. The highest BCUT2D eigenvalue weighted by molar-refractivity contribution is 7.92. The number of benzene rings is 2. The molecule has 0 bridgehead atoms. The molecule has 37 heavy (non-hydrogen) atoms. The summed E-state index contributed by atoms with van der Waals surface area (Å²) in [5, 5.41) is 0. The Morgan fingerprint density at radius 3 is 2.32 bits per heavy atom. The quantitative estimate of drug-likeness (QED) is 0.344. The minimum absolute atomic E-state index is 0.0819. The summed E-state index contributed by atoms with van der Waals surface area (Å²) in [6.45, 7) is 1.48. The lowest BCUT2D eigenvalue weighted by molar-refractivity contribution is -0.144. The van der Waals surface area contributed by atoms with Crippen molar-refractivity contribution in [2.45, 2.75) is 30.8 Å². The van der Waals surface area contributed by atoms with Gasteiger partial charge in [0.05, 0.1) is 30.0 Å². The number of hydrogen-bond donors (Lipinski definition) is 0. The van der Waals surface area contributed by atoms with Crippen molar-refractivity contribution < 1.29 is 35.8 Å². The van der Waals surface area contributed by atoms with Crippen LogP contribution in [-0.2, 0) is 40.9 Å². The van der Waals surface area contributed by atoms with Crippen LogP contribution in [0.4, 0.5) is 5.69 Å². The van der Waals surface area contributed by atoms with Gasteiger partial charge in [-0.3, -0.25) is 9.10 Å². The van der Waals surface area contributed by atoms with E-state index in [0.717, 1.165) is 15.7 Å². The van der Waals surface area contributed by atoms with Crippen LogP contribution < -0.4 is 9.04 Å². The number of para-hydroxylation sites is 1. The lowest BCUT2D eigenvalue weighted by Crippen LogP contribution is -2.50. The molecule has 1 aliphatic rings. The fraction of sp³-hybridized carbons (Fsp3) is 0.400. The van der Waals surface area contributed by atoms with E-state index in [0.29, 0.717) is 23.4 Å². The average molecular weight is 551 g/mol. The zero-order valence-electron chi connectivity index (χ0n) is 20.9. The summed E-state index contributed by atoms with van der Waals surface area (Å²) in [6.07, 6.45) is 0.359. The van der Waals surface area contributed by atoms with Gasteiger partial charge < -0.3 is 14.2 Å². The van der Waals surface area contributed by atoms with E-state index in [1.54, 1.807) is 31.2 Å². The van der Waals surface area contributed by atoms with E-state index in [-0.39, 0.29) is 30.4 Å². The van der Waals surface area contributed by atoms with Crippen molar-refractivity contribution in [2.75, 3.05) is 44.0 Å². The summed E-state index contributed by atoms with van der Waals surface area (Å²) in [6, 6.07) is 10.9. The van der Waals surface area contributed by atoms with Crippen molar-refractivity contribution in [3.05, 3.63) is 54.1 Å². The molecule has 1 unspecified atom stereocenters. The maximum Gasteiger partial charge on any atom is 0.326 e. The number of nitrogens with zero attached hydrogens (tertiary/aromatic N) is 2. The van der Waals surface area contributed by atoms with Gasteiger partial charge in [0.1, 0.15) is 25.0 Å². The van der Waals surface area contributed by atoms with Gasteiger partial charge in [-0.2, -0.15) is 4.31 Å². The Kier molecular flexibility index (Phi) is 9.56. The third-order valence-corrected chi connectivity index (χ3v) is 9.44. The lowest BCUT2D eigenvalue weighted by Gasteiger charge is -2.29. The van der Waals surface area contributed by atoms with Crippen LogP contribution in [0.25, 0.3) is 0 Å². The maximum atomic E-state index is 13.8. The number of rotatable bonds is 9. The lowest BCUT2D eigenvalue weighted by atomic mass is 10.2. The Labute approximate surface area is 218 Å². The molecule has 1 heterocycles. The Morgan fingerprint density at radius 2 is 1.68 bits per heavy atom. The zero-order valence-corrected chi connectivity index (χ0v) is 22.5. The standard InChI is InChI=1S/C25H30N2O8S2/c1-4-17-36(29,30)26-19-24(25(28)34-3)27(18-20-9-5-6-10-23(20)26)37(31,32)22-13-11-21(12-14-22)35-16-8-7-15-33-2/h5-6,9-14,24H,4,15-19H2,1-3H3. The van der Waals surface area contributed by atoms with Gasteiger partial charge in [0, 0.05) is 13.7 Å². The van der Waals surface area contributed by atoms with Crippen molar-refractivity contribution >= 4 is 31.7 Å². The van der Waals surface area contributed by atoms with Crippen LogP contribution in [0.1, 0.15) is 18.9 Å². The molecule has 200 valence electrons. The molecule has 1 atom stereocenters. The fourth-order valence-corrected chi connectivity index (χ4v) is 6.99. The summed E-state index contributed by atoms with van der Waals surface area (Å²) in [4.78, 5) is 12.8. The first-order valence-electron chi connectivity index (χ1n) is 11.5. The number of carbonyl (C=O) groups is 1. The third-order valence-electron chi connectivity index (χ3n) is 5.63. The van der Waals surface area contributed by atoms with Crippen LogP contribution >= 0.6 is 0 Å². The molecule has 3 rings (SSSR count). The van der Waals surface area contributed by atoms with E-state index in [1.165, 1.54) is 31.4 Å². The first-order chi connectivity index (χ1) is 17.7.